The summed E-state index contributed by atoms with van der Waals surface area (Å²) in [6.07, 6.45) is 0. The summed E-state index contributed by atoms with van der Waals surface area (Å²) in [5, 5.41) is 10.4. The average molecular weight is 685 g/mol. The predicted molar refractivity (Wildman–Crippen MR) is 211 cm³/mol. The zero-order chi connectivity index (χ0) is 34.9. The lowest BCUT2D eigenvalue weighted by molar-refractivity contribution is 0.454. The molecule has 0 saturated heterocycles. The molecule has 0 unspecified atom stereocenters. The first kappa shape index (κ1) is 31.3. The molecule has 4 heteroatoms. The number of pyridine rings is 1. The second-order valence-corrected chi connectivity index (χ2v) is 15.7. The first-order valence-electron chi connectivity index (χ1n) is 17.3. The van der Waals surface area contributed by atoms with Crippen molar-refractivity contribution >= 4 is 10.0 Å². The zero-order valence-corrected chi connectivity index (χ0v) is 29.0. The van der Waals surface area contributed by atoms with E-state index in [-0.39, 0.29) is 0 Å². The number of nitrogens with zero attached hydrogens (tertiary/aromatic N) is 2. The molecular weight excluding hydrogens is 653 g/mol. The SMILES string of the molecule is N#Cc1ccc(-c2cccc3c2Oc2ccccc2S3(c2ccccc2)c2ccccc2)cc1-c1cc(-c2ccccc2)nc(-c2ccccc2)c1. The average Bonchev–Trinajstić information content (AvgIpc) is 3.23. The highest BCUT2D eigenvalue weighted by Crippen LogP contribution is 2.79. The molecule has 8 aromatic rings. The minimum Gasteiger partial charge on any atom is -0.454 e. The minimum atomic E-state index is -1.94. The van der Waals surface area contributed by atoms with Crippen LogP contribution in [0, 0.1) is 11.3 Å². The molecule has 7 aromatic carbocycles. The number of ether oxygens (including phenoxy) is 1. The molecular formula is C48H32N2OS. The van der Waals surface area contributed by atoms with E-state index in [0.717, 1.165) is 61.2 Å². The highest BCUT2D eigenvalue weighted by atomic mass is 32.3. The van der Waals surface area contributed by atoms with Crippen molar-refractivity contribution in [2.24, 2.45) is 0 Å². The van der Waals surface area contributed by atoms with E-state index in [4.69, 9.17) is 9.72 Å². The highest BCUT2D eigenvalue weighted by molar-refractivity contribution is 8.34. The van der Waals surface area contributed by atoms with Crippen LogP contribution in [0.4, 0.5) is 0 Å². The third-order valence-corrected chi connectivity index (χ3v) is 13.6. The van der Waals surface area contributed by atoms with Gasteiger partial charge in [-0.05, 0) is 77.9 Å². The summed E-state index contributed by atoms with van der Waals surface area (Å²) in [6, 6.07) is 69.8. The molecule has 9 rings (SSSR count). The monoisotopic (exact) mass is 684 g/mol. The number of para-hydroxylation sites is 2. The molecule has 0 atom stereocenters. The van der Waals surface area contributed by atoms with E-state index >= 15 is 0 Å². The van der Waals surface area contributed by atoms with Gasteiger partial charge in [0.15, 0.2) is 0 Å². The quantitative estimate of drug-likeness (QED) is 0.175. The number of hydrogen-bond donors (Lipinski definition) is 0. The van der Waals surface area contributed by atoms with Gasteiger partial charge in [-0.25, -0.2) is 4.98 Å². The fourth-order valence-corrected chi connectivity index (χ4v) is 11.3. The predicted octanol–water partition coefficient (Wildman–Crippen LogP) is 13.1. The Labute approximate surface area is 305 Å². The van der Waals surface area contributed by atoms with Crippen molar-refractivity contribution in [3.63, 3.8) is 0 Å². The van der Waals surface area contributed by atoms with E-state index in [1.165, 1.54) is 14.7 Å². The fraction of sp³-hybridized carbons (Fsp3) is 0. The Kier molecular flexibility index (Phi) is 7.97. The maximum absolute atomic E-state index is 10.4. The van der Waals surface area contributed by atoms with Crippen LogP contribution in [0.1, 0.15) is 5.56 Å². The van der Waals surface area contributed by atoms with Gasteiger partial charge in [0.05, 0.1) is 23.0 Å². The Morgan fingerprint density at radius 2 is 0.981 bits per heavy atom. The summed E-state index contributed by atoms with van der Waals surface area (Å²) in [5.74, 6) is 1.69. The van der Waals surface area contributed by atoms with Crippen LogP contribution in [0.5, 0.6) is 11.5 Å². The lowest BCUT2D eigenvalue weighted by Gasteiger charge is -2.46. The number of fused-ring (bicyclic) bond motifs is 2. The largest absolute Gasteiger partial charge is 0.454 e. The molecule has 1 aliphatic heterocycles. The van der Waals surface area contributed by atoms with Crippen LogP contribution in [0.3, 0.4) is 0 Å². The van der Waals surface area contributed by atoms with Gasteiger partial charge in [0.2, 0.25) is 0 Å². The van der Waals surface area contributed by atoms with E-state index in [0.29, 0.717) is 5.56 Å². The lowest BCUT2D eigenvalue weighted by atomic mass is 9.93. The second-order valence-electron chi connectivity index (χ2n) is 12.7. The Balaban J connectivity index is 1.28. The van der Waals surface area contributed by atoms with Crippen LogP contribution in [0.15, 0.2) is 214 Å². The fourth-order valence-electron chi connectivity index (χ4n) is 7.25. The normalized spacial score (nSPS) is 13.1. The third-order valence-electron chi connectivity index (χ3n) is 9.62. The molecule has 3 nitrogen and oxygen atoms in total. The molecule has 2 heterocycles. The number of hydrogen-bond acceptors (Lipinski definition) is 3. The van der Waals surface area contributed by atoms with E-state index < -0.39 is 10.0 Å². The smallest absolute Gasteiger partial charge is 0.148 e. The summed E-state index contributed by atoms with van der Waals surface area (Å²) < 4.78 is 6.96. The van der Waals surface area contributed by atoms with Crippen molar-refractivity contribution in [2.45, 2.75) is 19.6 Å². The van der Waals surface area contributed by atoms with Crippen LogP contribution in [0.2, 0.25) is 0 Å². The standard InChI is InChI=1S/C48H32N2OS/c49-33-37-29-28-36(30-42(37)38-31-43(34-16-5-1-6-17-34)50-44(32-38)35-18-7-2-8-19-35)41-24-15-27-47-48(41)51-45-25-13-14-26-46(45)52(47,39-20-9-3-10-21-39)40-22-11-4-12-23-40/h1-32H. The number of rotatable bonds is 6. The van der Waals surface area contributed by atoms with Gasteiger partial charge in [0, 0.05) is 41.8 Å². The van der Waals surface area contributed by atoms with Crippen molar-refractivity contribution in [1.29, 1.82) is 5.26 Å². The van der Waals surface area contributed by atoms with Crippen LogP contribution in [0.25, 0.3) is 44.8 Å². The molecule has 0 fully saturated rings. The van der Waals surface area contributed by atoms with Gasteiger partial charge >= 0.3 is 0 Å². The molecule has 0 amide bonds. The van der Waals surface area contributed by atoms with E-state index in [9.17, 15) is 5.26 Å². The summed E-state index contributed by atoms with van der Waals surface area (Å²) in [5.41, 5.74) is 8.04. The molecule has 0 bridgehead atoms. The van der Waals surface area contributed by atoms with E-state index in [2.05, 4.69) is 146 Å². The number of nitriles is 1. The highest BCUT2D eigenvalue weighted by Gasteiger charge is 2.41. The maximum atomic E-state index is 10.4. The van der Waals surface area contributed by atoms with Gasteiger partial charge in [0.25, 0.3) is 0 Å². The van der Waals surface area contributed by atoms with Gasteiger partial charge in [-0.1, -0.05) is 127 Å². The van der Waals surface area contributed by atoms with Gasteiger partial charge < -0.3 is 4.74 Å². The Bertz CT molecular complexity index is 2500. The van der Waals surface area contributed by atoms with Crippen LogP contribution < -0.4 is 4.74 Å². The topological polar surface area (TPSA) is 45.9 Å². The molecule has 0 radical (unpaired) electrons. The van der Waals surface area contributed by atoms with Gasteiger partial charge in [-0.3, -0.25) is 0 Å². The first-order valence-corrected chi connectivity index (χ1v) is 18.9. The van der Waals surface area contributed by atoms with Crippen molar-refractivity contribution in [2.75, 3.05) is 0 Å². The van der Waals surface area contributed by atoms with Crippen LogP contribution >= 0.6 is 10.0 Å². The molecule has 246 valence electrons. The minimum absolute atomic E-state index is 0.595. The molecule has 0 N–H and O–H groups in total. The summed E-state index contributed by atoms with van der Waals surface area (Å²) in [6.45, 7) is 0. The number of aromatic nitrogens is 1. The van der Waals surface area contributed by atoms with Crippen molar-refractivity contribution in [3.8, 4) is 62.3 Å². The molecule has 0 saturated carbocycles. The van der Waals surface area contributed by atoms with Crippen LogP contribution in [-0.2, 0) is 0 Å². The molecule has 52 heavy (non-hydrogen) atoms. The Morgan fingerprint density at radius 1 is 0.442 bits per heavy atom. The molecule has 0 aliphatic carbocycles. The lowest BCUT2D eigenvalue weighted by Crippen LogP contribution is -2.12. The van der Waals surface area contributed by atoms with E-state index in [1.807, 2.05) is 54.6 Å². The summed E-state index contributed by atoms with van der Waals surface area (Å²) >= 11 is 0. The van der Waals surface area contributed by atoms with Gasteiger partial charge in [0.1, 0.15) is 11.5 Å². The zero-order valence-electron chi connectivity index (χ0n) is 28.2. The molecule has 1 aliphatic rings. The van der Waals surface area contributed by atoms with Crippen molar-refractivity contribution in [3.05, 3.63) is 200 Å². The second kappa shape index (κ2) is 13.2. The Hall–Kier alpha value is -6.67. The van der Waals surface area contributed by atoms with Gasteiger partial charge in [-0.15, -0.1) is 10.0 Å². The molecule has 0 spiro atoms. The van der Waals surface area contributed by atoms with Crippen molar-refractivity contribution in [1.82, 2.24) is 4.98 Å². The molecule has 1 aromatic heterocycles. The summed E-state index contributed by atoms with van der Waals surface area (Å²) in [7, 11) is -1.94. The van der Waals surface area contributed by atoms with Crippen molar-refractivity contribution < 1.29 is 4.74 Å². The van der Waals surface area contributed by atoms with Crippen LogP contribution in [-0.4, -0.2) is 4.98 Å². The third kappa shape index (κ3) is 5.27. The number of benzene rings is 7. The maximum Gasteiger partial charge on any atom is 0.148 e. The first-order chi connectivity index (χ1) is 25.7. The van der Waals surface area contributed by atoms with E-state index in [1.54, 1.807) is 0 Å². The summed E-state index contributed by atoms with van der Waals surface area (Å²) in [4.78, 5) is 9.90. The van der Waals surface area contributed by atoms with Gasteiger partial charge in [-0.2, -0.15) is 5.26 Å². The Morgan fingerprint density at radius 3 is 1.58 bits per heavy atom.